The van der Waals surface area contributed by atoms with E-state index in [0.29, 0.717) is 29.0 Å². The molecule has 4 atom stereocenters. The monoisotopic (exact) mass is 865 g/mol. The lowest BCUT2D eigenvalue weighted by atomic mass is 9.91. The molecule has 0 radical (unpaired) electrons. The van der Waals surface area contributed by atoms with E-state index in [2.05, 4.69) is 41.8 Å². The Kier molecular flexibility index (Phi) is 13.3. The molecule has 1 aromatic heterocycles. The first-order valence-corrected chi connectivity index (χ1v) is 22.3. The molecular weight excluding hydrogens is 819 g/mol. The number of para-hydroxylation sites is 1. The summed E-state index contributed by atoms with van der Waals surface area (Å²) >= 11 is 1.54. The lowest BCUT2D eigenvalue weighted by Crippen LogP contribution is -2.38. The van der Waals surface area contributed by atoms with Gasteiger partial charge < -0.3 is 34.4 Å². The van der Waals surface area contributed by atoms with E-state index in [0.717, 1.165) is 61.7 Å². The minimum atomic E-state index is -0.635. The Morgan fingerprint density at radius 3 is 2.00 bits per heavy atom. The van der Waals surface area contributed by atoms with E-state index >= 15 is 0 Å². The summed E-state index contributed by atoms with van der Waals surface area (Å²) in [4.78, 5) is 17.8. The predicted molar refractivity (Wildman–Crippen MR) is 252 cm³/mol. The summed E-state index contributed by atoms with van der Waals surface area (Å²) in [6, 6.07) is 61.0. The molecule has 10 heteroatoms. The van der Waals surface area contributed by atoms with Gasteiger partial charge in [-0.1, -0.05) is 164 Å². The number of hydrogen-bond acceptors (Lipinski definition) is 8. The number of benzene rings is 7. The summed E-state index contributed by atoms with van der Waals surface area (Å²) in [6.07, 6.45) is -1.12. The van der Waals surface area contributed by atoms with Crippen LogP contribution in [0.3, 0.4) is 0 Å². The molecular formula is C54H47N3O6S. The van der Waals surface area contributed by atoms with Gasteiger partial charge in [0.1, 0.15) is 17.2 Å². The van der Waals surface area contributed by atoms with Gasteiger partial charge in [0.05, 0.1) is 18.8 Å². The molecule has 7 aromatic carbocycles. The van der Waals surface area contributed by atoms with E-state index in [4.69, 9.17) is 23.6 Å². The Morgan fingerprint density at radius 1 is 0.656 bits per heavy atom. The Labute approximate surface area is 377 Å². The minimum Gasteiger partial charge on any atom is -0.457 e. The number of carbonyl (C=O) groups excluding carboxylic acids is 1. The molecule has 0 saturated carbocycles. The average Bonchev–Trinajstić information content (AvgIpc) is 3.79. The van der Waals surface area contributed by atoms with Crippen LogP contribution < -0.4 is 15.4 Å². The molecule has 0 aliphatic carbocycles. The molecule has 2 heterocycles. The van der Waals surface area contributed by atoms with Crippen molar-refractivity contribution in [2.75, 3.05) is 11.1 Å². The van der Waals surface area contributed by atoms with Crippen LogP contribution in [0.5, 0.6) is 11.5 Å². The molecule has 1 aliphatic rings. The fourth-order valence-corrected chi connectivity index (χ4v) is 8.67. The number of thioether (sulfide) groups is 1. The number of amides is 2. The third-order valence-corrected chi connectivity index (χ3v) is 12.1. The number of aliphatic hydroxyl groups is 1. The Bertz CT molecular complexity index is 2690. The second-order valence-electron chi connectivity index (χ2n) is 15.6. The second kappa shape index (κ2) is 20.0. The number of hydrogen-bond donors (Lipinski definition) is 3. The summed E-state index contributed by atoms with van der Waals surface area (Å²) < 4.78 is 25.9. The van der Waals surface area contributed by atoms with E-state index < -0.39 is 6.29 Å². The van der Waals surface area contributed by atoms with Crippen LogP contribution in [0.2, 0.25) is 0 Å². The third kappa shape index (κ3) is 10.3. The molecule has 1 fully saturated rings. The van der Waals surface area contributed by atoms with Crippen LogP contribution in [0.25, 0.3) is 33.7 Å². The number of rotatable bonds is 14. The minimum absolute atomic E-state index is 0.0151. The van der Waals surface area contributed by atoms with Crippen LogP contribution in [0.4, 0.5) is 10.5 Å². The van der Waals surface area contributed by atoms with Gasteiger partial charge in [0.2, 0.25) is 0 Å². The highest BCUT2D eigenvalue weighted by Gasteiger charge is 2.39. The summed E-state index contributed by atoms with van der Waals surface area (Å²) in [7, 11) is 0. The largest absolute Gasteiger partial charge is 0.457 e. The molecule has 320 valence electrons. The van der Waals surface area contributed by atoms with Crippen LogP contribution in [-0.2, 0) is 22.6 Å². The fraction of sp³-hybridized carbons (Fsp3) is 0.148. The number of aliphatic hydroxyl groups excluding tert-OH is 1. The van der Waals surface area contributed by atoms with Crippen LogP contribution in [-0.4, -0.2) is 28.0 Å². The van der Waals surface area contributed by atoms with Gasteiger partial charge in [0.15, 0.2) is 12.1 Å². The summed E-state index contributed by atoms with van der Waals surface area (Å²) in [6.45, 7) is 2.48. The maximum atomic E-state index is 12.8. The number of nitrogens with zero attached hydrogens (tertiary/aromatic N) is 1. The predicted octanol–water partition coefficient (Wildman–Crippen LogP) is 12.9. The van der Waals surface area contributed by atoms with E-state index in [1.165, 1.54) is 11.8 Å². The quantitative estimate of drug-likeness (QED) is 0.0926. The van der Waals surface area contributed by atoms with Crippen molar-refractivity contribution in [3.63, 3.8) is 0 Å². The first-order valence-electron chi connectivity index (χ1n) is 21.3. The fourth-order valence-electron chi connectivity index (χ4n) is 7.68. The van der Waals surface area contributed by atoms with Crippen LogP contribution in [0.1, 0.15) is 41.6 Å². The van der Waals surface area contributed by atoms with Crippen molar-refractivity contribution in [2.45, 2.75) is 43.8 Å². The molecule has 1 aliphatic heterocycles. The maximum Gasteiger partial charge on any atom is 0.319 e. The number of aromatic nitrogens is 1. The average molecular weight is 866 g/mol. The number of oxazole rings is 1. The van der Waals surface area contributed by atoms with E-state index in [-0.39, 0.29) is 30.8 Å². The van der Waals surface area contributed by atoms with Gasteiger partial charge in [-0.05, 0) is 70.3 Å². The smallest absolute Gasteiger partial charge is 0.319 e. The summed E-state index contributed by atoms with van der Waals surface area (Å²) in [5, 5.41) is 16.2. The molecule has 64 heavy (non-hydrogen) atoms. The first kappa shape index (κ1) is 42.4. The standard InChI is InChI=1S/C54H47N3O6S/c1-36-48(35-64-54-57-49(40-13-5-2-6-14-40)51(63-54)41-15-7-3-8-16-41)61-52(62-50(36)42-22-20-37(34-58)21-23-42)43-26-24-39(25-27-43)44-17-11-12-38(32-44)33-55-53(59)56-45-28-30-47(31-29-45)60-46-18-9-4-10-19-46/h2-32,36,48,50,52,58H,33-35H2,1H3,(H2,55,56,59)/t36-,48+,50+,52+/m0/s1. The van der Waals surface area contributed by atoms with Crippen molar-refractivity contribution in [2.24, 2.45) is 5.92 Å². The molecule has 0 bridgehead atoms. The molecule has 8 aromatic rings. The van der Waals surface area contributed by atoms with Gasteiger partial charge in [-0.3, -0.25) is 0 Å². The molecule has 0 spiro atoms. The summed E-state index contributed by atoms with van der Waals surface area (Å²) in [5.74, 6) is 2.73. The van der Waals surface area contributed by atoms with Crippen LogP contribution >= 0.6 is 11.8 Å². The number of anilines is 1. The lowest BCUT2D eigenvalue weighted by molar-refractivity contribution is -0.268. The zero-order chi connectivity index (χ0) is 43.7. The van der Waals surface area contributed by atoms with Gasteiger partial charge in [-0.15, -0.1) is 0 Å². The normalized spacial score (nSPS) is 17.1. The first-order chi connectivity index (χ1) is 31.5. The molecule has 9 nitrogen and oxygen atoms in total. The van der Waals surface area contributed by atoms with Crippen molar-refractivity contribution in [3.05, 3.63) is 210 Å². The van der Waals surface area contributed by atoms with Crippen molar-refractivity contribution >= 4 is 23.5 Å². The van der Waals surface area contributed by atoms with Gasteiger partial charge in [0, 0.05) is 40.6 Å². The highest BCUT2D eigenvalue weighted by molar-refractivity contribution is 7.99. The van der Waals surface area contributed by atoms with E-state index in [1.807, 2.05) is 164 Å². The Hall–Kier alpha value is -6.95. The maximum absolute atomic E-state index is 12.8. The SMILES string of the molecule is C[C@H]1[C@@H](CSc2nc(-c3ccccc3)c(-c3ccccc3)o2)O[C@@H](c2ccc(-c3cccc(CNC(=O)Nc4ccc(Oc5ccccc5)cc4)c3)cc2)O[C@H]1c1ccc(CO)cc1. The Morgan fingerprint density at radius 2 is 1.30 bits per heavy atom. The molecule has 1 saturated heterocycles. The number of ether oxygens (including phenoxy) is 3. The molecule has 2 amide bonds. The second-order valence-corrected chi connectivity index (χ2v) is 16.6. The summed E-state index contributed by atoms with van der Waals surface area (Å²) in [5.41, 5.74) is 9.17. The lowest BCUT2D eigenvalue weighted by Gasteiger charge is -2.41. The Balaban J connectivity index is 0.874. The third-order valence-electron chi connectivity index (χ3n) is 11.2. The zero-order valence-electron chi connectivity index (χ0n) is 35.2. The van der Waals surface area contributed by atoms with Gasteiger partial charge in [-0.2, -0.15) is 0 Å². The van der Waals surface area contributed by atoms with Crippen molar-refractivity contribution in [1.82, 2.24) is 10.3 Å². The topological polar surface area (TPSA) is 115 Å². The van der Waals surface area contributed by atoms with Crippen molar-refractivity contribution in [1.29, 1.82) is 0 Å². The van der Waals surface area contributed by atoms with Crippen LogP contribution in [0, 0.1) is 5.92 Å². The van der Waals surface area contributed by atoms with Gasteiger partial charge in [0.25, 0.3) is 5.22 Å². The zero-order valence-corrected chi connectivity index (χ0v) is 36.0. The van der Waals surface area contributed by atoms with Crippen molar-refractivity contribution in [3.8, 4) is 45.2 Å². The number of nitrogens with one attached hydrogen (secondary N) is 2. The molecule has 3 N–H and O–H groups in total. The number of urea groups is 1. The molecule has 0 unspecified atom stereocenters. The van der Waals surface area contributed by atoms with Crippen LogP contribution in [0.15, 0.2) is 198 Å². The molecule has 9 rings (SSSR count). The van der Waals surface area contributed by atoms with E-state index in [1.54, 1.807) is 0 Å². The van der Waals surface area contributed by atoms with Crippen molar-refractivity contribution < 1.29 is 28.5 Å². The number of carbonyl (C=O) groups is 1. The van der Waals surface area contributed by atoms with E-state index in [9.17, 15) is 9.90 Å². The van der Waals surface area contributed by atoms with Gasteiger partial charge in [-0.25, -0.2) is 9.78 Å². The van der Waals surface area contributed by atoms with Gasteiger partial charge >= 0.3 is 6.03 Å². The highest BCUT2D eigenvalue weighted by Crippen LogP contribution is 2.44. The highest BCUT2D eigenvalue weighted by atomic mass is 32.2.